The Balaban J connectivity index is 2.01. The van der Waals surface area contributed by atoms with Crippen LogP contribution in [-0.2, 0) is 9.47 Å². The number of halogens is 1. The van der Waals surface area contributed by atoms with Crippen molar-refractivity contribution in [3.63, 3.8) is 0 Å². The summed E-state index contributed by atoms with van der Waals surface area (Å²) in [6, 6.07) is 4.68. The van der Waals surface area contributed by atoms with Gasteiger partial charge in [0.1, 0.15) is 17.1 Å². The van der Waals surface area contributed by atoms with E-state index in [1.165, 1.54) is 6.07 Å². The van der Waals surface area contributed by atoms with Gasteiger partial charge < -0.3 is 19.4 Å². The number of carbonyl (C=O) groups is 2. The van der Waals surface area contributed by atoms with Gasteiger partial charge in [0.25, 0.3) is 0 Å². The lowest BCUT2D eigenvalue weighted by Crippen LogP contribution is -2.39. The second-order valence-electron chi connectivity index (χ2n) is 7.68. The fraction of sp³-hybridized carbons (Fsp3) is 0.429. The lowest BCUT2D eigenvalue weighted by atomic mass is 9.98. The second-order valence-corrected chi connectivity index (χ2v) is 7.68. The first-order chi connectivity index (χ1) is 13.2. The molecule has 0 atom stereocenters. The van der Waals surface area contributed by atoms with Crippen LogP contribution >= 0.6 is 0 Å². The number of rotatable bonds is 3. The van der Waals surface area contributed by atoms with Crippen LogP contribution in [0.25, 0.3) is 16.5 Å². The van der Waals surface area contributed by atoms with Crippen molar-refractivity contribution in [1.29, 1.82) is 0 Å². The smallest absolute Gasteiger partial charge is 0.410 e. The standard InChI is InChI=1S/C21H25FN2O4/c1-5-27-19(25)18-16(14-9-6-10-15(22)17(14)23-18)13-8-7-11-24(12-13)20(26)28-21(2,3)4/h6,8-10,23H,5,7,11-12H2,1-4H3. The monoisotopic (exact) mass is 388 g/mol. The molecule has 28 heavy (non-hydrogen) atoms. The summed E-state index contributed by atoms with van der Waals surface area (Å²) >= 11 is 0. The zero-order chi connectivity index (χ0) is 20.5. The molecule has 0 saturated heterocycles. The van der Waals surface area contributed by atoms with Crippen molar-refractivity contribution in [3.05, 3.63) is 41.3 Å². The average molecular weight is 388 g/mol. The quantitative estimate of drug-likeness (QED) is 0.786. The first kappa shape index (κ1) is 19.9. The summed E-state index contributed by atoms with van der Waals surface area (Å²) in [5.74, 6) is -1.00. The molecule has 0 fully saturated rings. The van der Waals surface area contributed by atoms with Crippen LogP contribution < -0.4 is 0 Å². The van der Waals surface area contributed by atoms with Gasteiger partial charge in [0, 0.05) is 24.0 Å². The topological polar surface area (TPSA) is 71.6 Å². The van der Waals surface area contributed by atoms with Crippen molar-refractivity contribution in [3.8, 4) is 0 Å². The van der Waals surface area contributed by atoms with E-state index in [-0.39, 0.29) is 24.4 Å². The van der Waals surface area contributed by atoms with Gasteiger partial charge in [0.2, 0.25) is 0 Å². The Morgan fingerprint density at radius 1 is 1.29 bits per heavy atom. The van der Waals surface area contributed by atoms with Gasteiger partial charge >= 0.3 is 12.1 Å². The predicted molar refractivity (Wildman–Crippen MR) is 105 cm³/mol. The fourth-order valence-corrected chi connectivity index (χ4v) is 3.28. The van der Waals surface area contributed by atoms with E-state index in [2.05, 4.69) is 4.98 Å². The van der Waals surface area contributed by atoms with E-state index in [0.717, 1.165) is 5.57 Å². The highest BCUT2D eigenvalue weighted by Gasteiger charge is 2.29. The minimum atomic E-state index is -0.599. The molecule has 0 aliphatic carbocycles. The molecule has 1 aliphatic rings. The first-order valence-electron chi connectivity index (χ1n) is 9.36. The minimum absolute atomic E-state index is 0.194. The number of aromatic amines is 1. The SMILES string of the molecule is CCOC(=O)c1[nH]c2c(F)cccc2c1C1=CCCN(C(=O)OC(C)(C)C)C1. The van der Waals surface area contributed by atoms with Gasteiger partial charge in [-0.15, -0.1) is 0 Å². The number of hydrogen-bond acceptors (Lipinski definition) is 4. The van der Waals surface area contributed by atoms with Crippen molar-refractivity contribution in [2.75, 3.05) is 19.7 Å². The highest BCUT2D eigenvalue weighted by atomic mass is 19.1. The van der Waals surface area contributed by atoms with Crippen LogP contribution in [0.4, 0.5) is 9.18 Å². The molecular formula is C21H25FN2O4. The molecule has 0 radical (unpaired) electrons. The molecule has 3 rings (SSSR count). The molecule has 150 valence electrons. The van der Waals surface area contributed by atoms with E-state index >= 15 is 0 Å². The maximum absolute atomic E-state index is 14.3. The van der Waals surface area contributed by atoms with Crippen LogP contribution in [0.5, 0.6) is 0 Å². The zero-order valence-electron chi connectivity index (χ0n) is 16.6. The van der Waals surface area contributed by atoms with Gasteiger partial charge in [-0.2, -0.15) is 0 Å². The molecule has 6 nitrogen and oxygen atoms in total. The summed E-state index contributed by atoms with van der Waals surface area (Å²) in [5, 5.41) is 0.584. The molecule has 1 aromatic heterocycles. The average Bonchev–Trinajstić information content (AvgIpc) is 3.02. The number of hydrogen-bond donors (Lipinski definition) is 1. The third-order valence-electron chi connectivity index (χ3n) is 4.39. The van der Waals surface area contributed by atoms with Gasteiger partial charge in [-0.05, 0) is 45.8 Å². The predicted octanol–water partition coefficient (Wildman–Crippen LogP) is 4.51. The molecule has 2 aromatic rings. The lowest BCUT2D eigenvalue weighted by Gasteiger charge is -2.30. The van der Waals surface area contributed by atoms with E-state index in [4.69, 9.17) is 9.47 Å². The van der Waals surface area contributed by atoms with Gasteiger partial charge in [-0.1, -0.05) is 18.2 Å². The number of H-pyrrole nitrogens is 1. The zero-order valence-corrected chi connectivity index (χ0v) is 16.6. The van der Waals surface area contributed by atoms with Crippen molar-refractivity contribution < 1.29 is 23.5 Å². The summed E-state index contributed by atoms with van der Waals surface area (Å²) in [7, 11) is 0. The summed E-state index contributed by atoms with van der Waals surface area (Å²) in [5.41, 5.74) is 1.17. The van der Waals surface area contributed by atoms with Crippen LogP contribution in [-0.4, -0.2) is 47.2 Å². The Hall–Kier alpha value is -2.83. The van der Waals surface area contributed by atoms with Crippen LogP contribution in [0.15, 0.2) is 24.3 Å². The van der Waals surface area contributed by atoms with Crippen LogP contribution in [0.3, 0.4) is 0 Å². The number of nitrogens with zero attached hydrogens (tertiary/aromatic N) is 1. The Kier molecular flexibility index (Phi) is 5.45. The van der Waals surface area contributed by atoms with Crippen molar-refractivity contribution in [2.45, 2.75) is 39.7 Å². The molecule has 2 heterocycles. The van der Waals surface area contributed by atoms with E-state index < -0.39 is 23.5 Å². The number of carbonyl (C=O) groups excluding carboxylic acids is 2. The number of esters is 1. The molecule has 1 aromatic carbocycles. The molecule has 1 N–H and O–H groups in total. The second kappa shape index (κ2) is 7.66. The fourth-order valence-electron chi connectivity index (χ4n) is 3.28. The van der Waals surface area contributed by atoms with Crippen LogP contribution in [0, 0.1) is 5.82 Å². The highest BCUT2D eigenvalue weighted by molar-refractivity contribution is 6.05. The molecule has 0 bridgehead atoms. The maximum Gasteiger partial charge on any atom is 0.410 e. The lowest BCUT2D eigenvalue weighted by molar-refractivity contribution is 0.0273. The molecule has 1 amide bonds. The summed E-state index contributed by atoms with van der Waals surface area (Å²) in [6.45, 7) is 8.14. The van der Waals surface area contributed by atoms with Crippen molar-refractivity contribution in [1.82, 2.24) is 9.88 Å². The van der Waals surface area contributed by atoms with E-state index in [0.29, 0.717) is 23.9 Å². The van der Waals surface area contributed by atoms with Gasteiger partial charge in [-0.25, -0.2) is 14.0 Å². The number of aromatic nitrogens is 1. The molecule has 1 aliphatic heterocycles. The normalized spacial score (nSPS) is 14.8. The number of amides is 1. The summed E-state index contributed by atoms with van der Waals surface area (Å²) < 4.78 is 24.9. The summed E-state index contributed by atoms with van der Waals surface area (Å²) in [4.78, 5) is 29.4. The molecule has 7 heteroatoms. The third kappa shape index (κ3) is 4.03. The molecule has 0 saturated carbocycles. The number of benzene rings is 1. The Bertz CT molecular complexity index is 940. The maximum atomic E-state index is 14.3. The summed E-state index contributed by atoms with van der Waals surface area (Å²) in [6.07, 6.45) is 2.16. The number of nitrogens with one attached hydrogen (secondary N) is 1. The number of para-hydroxylation sites is 1. The van der Waals surface area contributed by atoms with Crippen LogP contribution in [0.2, 0.25) is 0 Å². The Morgan fingerprint density at radius 3 is 2.71 bits per heavy atom. The Morgan fingerprint density at radius 2 is 2.04 bits per heavy atom. The minimum Gasteiger partial charge on any atom is -0.461 e. The Labute approximate surface area is 163 Å². The van der Waals surface area contributed by atoms with Crippen molar-refractivity contribution in [2.24, 2.45) is 0 Å². The van der Waals surface area contributed by atoms with Gasteiger partial charge in [0.05, 0.1) is 12.1 Å². The largest absolute Gasteiger partial charge is 0.461 e. The van der Waals surface area contributed by atoms with E-state index in [1.807, 2.05) is 26.8 Å². The van der Waals surface area contributed by atoms with Gasteiger partial charge in [0.15, 0.2) is 0 Å². The number of ether oxygens (including phenoxy) is 2. The van der Waals surface area contributed by atoms with Gasteiger partial charge in [-0.3, -0.25) is 0 Å². The third-order valence-corrected chi connectivity index (χ3v) is 4.39. The molecule has 0 unspecified atom stereocenters. The van der Waals surface area contributed by atoms with E-state index in [1.54, 1.807) is 24.0 Å². The molecule has 0 spiro atoms. The number of fused-ring (bicyclic) bond motifs is 1. The van der Waals surface area contributed by atoms with E-state index in [9.17, 15) is 14.0 Å². The highest BCUT2D eigenvalue weighted by Crippen LogP contribution is 2.33. The first-order valence-corrected chi connectivity index (χ1v) is 9.36. The van der Waals surface area contributed by atoms with Crippen molar-refractivity contribution >= 4 is 28.5 Å². The van der Waals surface area contributed by atoms with Crippen LogP contribution in [0.1, 0.15) is 50.2 Å². The molecular weight excluding hydrogens is 363 g/mol.